The number of aromatic amines is 1. The summed E-state index contributed by atoms with van der Waals surface area (Å²) in [5.41, 5.74) is 8.28. The van der Waals surface area contributed by atoms with Gasteiger partial charge in [0.15, 0.2) is 0 Å². The first kappa shape index (κ1) is 13.0. The van der Waals surface area contributed by atoms with Crippen LogP contribution in [-0.4, -0.2) is 9.97 Å². The van der Waals surface area contributed by atoms with Crippen LogP contribution in [-0.2, 0) is 6.42 Å². The van der Waals surface area contributed by atoms with Gasteiger partial charge in [-0.1, -0.05) is 6.92 Å². The minimum atomic E-state index is 0.119. The van der Waals surface area contributed by atoms with E-state index in [-0.39, 0.29) is 6.04 Å². The van der Waals surface area contributed by atoms with Gasteiger partial charge in [-0.2, -0.15) is 5.26 Å². The Balaban J connectivity index is 2.18. The lowest BCUT2D eigenvalue weighted by Gasteiger charge is -2.17. The van der Waals surface area contributed by atoms with Gasteiger partial charge in [0.1, 0.15) is 5.82 Å². The van der Waals surface area contributed by atoms with Crippen molar-refractivity contribution in [2.75, 3.05) is 11.1 Å². The highest BCUT2D eigenvalue weighted by Gasteiger charge is 2.11. The molecule has 1 aromatic heterocycles. The Labute approximate surface area is 112 Å². The molecular formula is C14H17N5. The van der Waals surface area contributed by atoms with Gasteiger partial charge in [0.05, 0.1) is 18.5 Å². The van der Waals surface area contributed by atoms with Crippen molar-refractivity contribution in [3.8, 4) is 6.07 Å². The van der Waals surface area contributed by atoms with Crippen molar-refractivity contribution in [1.29, 1.82) is 5.26 Å². The summed E-state index contributed by atoms with van der Waals surface area (Å²) >= 11 is 0. The van der Waals surface area contributed by atoms with Gasteiger partial charge >= 0.3 is 0 Å². The monoisotopic (exact) mass is 255 g/mol. The van der Waals surface area contributed by atoms with E-state index in [2.05, 4.69) is 28.3 Å². The number of hydrogen-bond acceptors (Lipinski definition) is 4. The molecular weight excluding hydrogens is 238 g/mol. The molecule has 1 atom stereocenters. The summed E-state index contributed by atoms with van der Waals surface area (Å²) in [6, 6.07) is 7.90. The second-order valence-corrected chi connectivity index (χ2v) is 4.33. The van der Waals surface area contributed by atoms with E-state index in [4.69, 9.17) is 11.0 Å². The van der Waals surface area contributed by atoms with Gasteiger partial charge in [-0.25, -0.2) is 4.98 Å². The van der Waals surface area contributed by atoms with E-state index in [0.717, 1.165) is 23.5 Å². The molecule has 5 nitrogen and oxygen atoms in total. The number of hydrogen-bond donors (Lipinski definition) is 3. The van der Waals surface area contributed by atoms with Crippen LogP contribution in [0.3, 0.4) is 0 Å². The topological polar surface area (TPSA) is 90.5 Å². The number of aromatic nitrogens is 2. The fraction of sp³-hybridized carbons (Fsp3) is 0.286. The van der Waals surface area contributed by atoms with E-state index in [1.54, 1.807) is 6.20 Å². The third kappa shape index (κ3) is 3.05. The minimum Gasteiger partial charge on any atom is -0.398 e. The lowest BCUT2D eigenvalue weighted by Crippen LogP contribution is -2.11. The van der Waals surface area contributed by atoms with Crippen molar-refractivity contribution in [3.63, 3.8) is 0 Å². The van der Waals surface area contributed by atoms with Gasteiger partial charge in [-0.3, -0.25) is 0 Å². The van der Waals surface area contributed by atoms with E-state index in [1.807, 2.05) is 24.4 Å². The Morgan fingerprint density at radius 2 is 2.37 bits per heavy atom. The number of nitrogen functional groups attached to an aromatic ring is 1. The number of nitrogens with one attached hydrogen (secondary N) is 2. The van der Waals surface area contributed by atoms with Crippen LogP contribution < -0.4 is 11.1 Å². The third-order valence-electron chi connectivity index (χ3n) is 3.01. The van der Waals surface area contributed by atoms with Crippen LogP contribution in [0.2, 0.25) is 0 Å². The second kappa shape index (κ2) is 5.91. The highest BCUT2D eigenvalue weighted by Crippen LogP contribution is 2.23. The Morgan fingerprint density at radius 1 is 1.53 bits per heavy atom. The van der Waals surface area contributed by atoms with Crippen molar-refractivity contribution in [1.82, 2.24) is 9.97 Å². The van der Waals surface area contributed by atoms with Crippen LogP contribution >= 0.6 is 0 Å². The Morgan fingerprint density at radius 3 is 3.00 bits per heavy atom. The predicted molar refractivity (Wildman–Crippen MR) is 75.4 cm³/mol. The predicted octanol–water partition coefficient (Wildman–Crippen LogP) is 2.62. The molecule has 2 aromatic rings. The number of nitrogens with zero attached hydrogens (tertiary/aromatic N) is 2. The summed E-state index contributed by atoms with van der Waals surface area (Å²) < 4.78 is 0. The van der Waals surface area contributed by atoms with E-state index in [9.17, 15) is 0 Å². The van der Waals surface area contributed by atoms with E-state index in [1.165, 1.54) is 0 Å². The first-order valence-corrected chi connectivity index (χ1v) is 6.25. The number of benzene rings is 1. The molecule has 2 rings (SSSR count). The number of imidazole rings is 1. The van der Waals surface area contributed by atoms with Gasteiger partial charge in [0.2, 0.25) is 0 Å². The van der Waals surface area contributed by atoms with E-state index in [0.29, 0.717) is 12.1 Å². The summed E-state index contributed by atoms with van der Waals surface area (Å²) in [7, 11) is 0. The first-order chi connectivity index (χ1) is 9.24. The van der Waals surface area contributed by atoms with Crippen LogP contribution in [0.5, 0.6) is 0 Å². The zero-order chi connectivity index (χ0) is 13.7. The SMILES string of the molecule is CCC(Nc1ccc(N)c(CC#N)c1)c1ncc[nH]1. The molecule has 98 valence electrons. The average Bonchev–Trinajstić information content (AvgIpc) is 2.93. The maximum absolute atomic E-state index is 8.77. The number of nitrogens with two attached hydrogens (primary N) is 1. The van der Waals surface area contributed by atoms with Gasteiger partial charge < -0.3 is 16.0 Å². The molecule has 1 heterocycles. The summed E-state index contributed by atoms with van der Waals surface area (Å²) in [5, 5.41) is 12.2. The van der Waals surface area contributed by atoms with Gasteiger partial charge in [0.25, 0.3) is 0 Å². The summed E-state index contributed by atoms with van der Waals surface area (Å²) in [6.45, 7) is 2.09. The van der Waals surface area contributed by atoms with Gasteiger partial charge in [0, 0.05) is 23.8 Å². The molecule has 0 aliphatic rings. The van der Waals surface area contributed by atoms with Crippen molar-refractivity contribution in [2.24, 2.45) is 0 Å². The zero-order valence-electron chi connectivity index (χ0n) is 10.9. The number of nitriles is 1. The zero-order valence-corrected chi connectivity index (χ0v) is 10.9. The molecule has 4 N–H and O–H groups in total. The molecule has 0 aliphatic heterocycles. The van der Waals surface area contributed by atoms with Crippen molar-refractivity contribution < 1.29 is 0 Å². The first-order valence-electron chi connectivity index (χ1n) is 6.25. The Bertz CT molecular complexity index is 568. The second-order valence-electron chi connectivity index (χ2n) is 4.33. The van der Waals surface area contributed by atoms with Crippen molar-refractivity contribution in [2.45, 2.75) is 25.8 Å². The highest BCUT2D eigenvalue weighted by molar-refractivity contribution is 5.58. The maximum atomic E-state index is 8.77. The highest BCUT2D eigenvalue weighted by atomic mass is 15.0. The lowest BCUT2D eigenvalue weighted by molar-refractivity contribution is 0.704. The molecule has 5 heteroatoms. The van der Waals surface area contributed by atoms with E-state index >= 15 is 0 Å². The lowest BCUT2D eigenvalue weighted by atomic mass is 10.1. The van der Waals surface area contributed by atoms with Crippen LogP contribution in [0.25, 0.3) is 0 Å². The van der Waals surface area contributed by atoms with Crippen molar-refractivity contribution in [3.05, 3.63) is 42.0 Å². The van der Waals surface area contributed by atoms with Crippen LogP contribution in [0, 0.1) is 11.3 Å². The summed E-state index contributed by atoms with van der Waals surface area (Å²) in [6.07, 6.45) is 4.78. The number of H-pyrrole nitrogens is 1. The fourth-order valence-corrected chi connectivity index (χ4v) is 1.97. The molecule has 1 aromatic carbocycles. The molecule has 19 heavy (non-hydrogen) atoms. The van der Waals surface area contributed by atoms with Crippen LogP contribution in [0.1, 0.15) is 30.8 Å². The summed E-state index contributed by atoms with van der Waals surface area (Å²) in [4.78, 5) is 7.37. The molecule has 0 saturated carbocycles. The molecule has 0 aliphatic carbocycles. The van der Waals surface area contributed by atoms with Crippen molar-refractivity contribution >= 4 is 11.4 Å². The Kier molecular flexibility index (Phi) is 4.04. The summed E-state index contributed by atoms with van der Waals surface area (Å²) in [5.74, 6) is 0.904. The standard InChI is InChI=1S/C14H17N5/c1-2-13(14-17-7-8-18-14)19-11-3-4-12(16)10(9-11)5-6-15/h3-4,7-9,13,19H,2,5,16H2,1H3,(H,17,18). The molecule has 1 unspecified atom stereocenters. The number of anilines is 2. The molecule has 0 spiro atoms. The van der Waals surface area contributed by atoms with Gasteiger partial charge in [-0.15, -0.1) is 0 Å². The third-order valence-corrected chi connectivity index (χ3v) is 3.01. The molecule has 0 fully saturated rings. The molecule has 0 amide bonds. The van der Waals surface area contributed by atoms with Crippen LogP contribution in [0.15, 0.2) is 30.6 Å². The van der Waals surface area contributed by atoms with Gasteiger partial charge in [-0.05, 0) is 30.2 Å². The molecule has 0 saturated heterocycles. The van der Waals surface area contributed by atoms with Crippen LogP contribution in [0.4, 0.5) is 11.4 Å². The smallest absolute Gasteiger partial charge is 0.128 e. The minimum absolute atomic E-state index is 0.119. The quantitative estimate of drug-likeness (QED) is 0.716. The molecule has 0 bridgehead atoms. The average molecular weight is 255 g/mol. The molecule has 0 radical (unpaired) electrons. The normalized spacial score (nSPS) is 11.8. The Hall–Kier alpha value is -2.48. The fourth-order valence-electron chi connectivity index (χ4n) is 1.97. The van der Waals surface area contributed by atoms with E-state index < -0.39 is 0 Å². The maximum Gasteiger partial charge on any atom is 0.128 e. The largest absolute Gasteiger partial charge is 0.398 e. The number of rotatable bonds is 5.